The van der Waals surface area contributed by atoms with E-state index in [2.05, 4.69) is 23.3 Å². The van der Waals surface area contributed by atoms with Gasteiger partial charge in [-0.2, -0.15) is 0 Å². The van der Waals surface area contributed by atoms with Crippen LogP contribution in [0.15, 0.2) is 53.5 Å². The molecule has 0 radical (unpaired) electrons. The molecule has 0 aliphatic rings. The van der Waals surface area contributed by atoms with Crippen molar-refractivity contribution in [2.45, 2.75) is 26.4 Å². The molecule has 0 spiro atoms. The maximum absolute atomic E-state index is 13.5. The van der Waals surface area contributed by atoms with Crippen LogP contribution in [0.25, 0.3) is 0 Å². The van der Waals surface area contributed by atoms with Gasteiger partial charge < -0.3 is 15.8 Å². The van der Waals surface area contributed by atoms with E-state index in [0.717, 1.165) is 12.1 Å². The number of anilines is 1. The summed E-state index contributed by atoms with van der Waals surface area (Å²) in [5.41, 5.74) is 8.00. The SMILES string of the molecule is CCc1cccc(NC(N)=NCC(C)Oc2ccccc2F)c1.I. The maximum Gasteiger partial charge on any atom is 0.193 e. The summed E-state index contributed by atoms with van der Waals surface area (Å²) in [5.74, 6) is 0.144. The Morgan fingerprint density at radius 2 is 2.00 bits per heavy atom. The second-order valence-electron chi connectivity index (χ2n) is 5.26. The van der Waals surface area contributed by atoms with Gasteiger partial charge in [-0.15, -0.1) is 24.0 Å². The number of hydrogen-bond acceptors (Lipinski definition) is 2. The molecule has 130 valence electrons. The molecular formula is C18H23FIN3O. The van der Waals surface area contributed by atoms with Crippen molar-refractivity contribution < 1.29 is 9.13 Å². The Bertz CT molecular complexity index is 679. The van der Waals surface area contributed by atoms with Crippen molar-refractivity contribution >= 4 is 35.6 Å². The number of rotatable bonds is 6. The Hall–Kier alpha value is -1.83. The second kappa shape index (κ2) is 10.1. The number of halogens is 2. The first kappa shape index (κ1) is 20.2. The summed E-state index contributed by atoms with van der Waals surface area (Å²) < 4.78 is 19.0. The first-order valence-electron chi connectivity index (χ1n) is 7.65. The van der Waals surface area contributed by atoms with E-state index in [9.17, 15) is 4.39 Å². The molecule has 3 N–H and O–H groups in total. The minimum atomic E-state index is -0.384. The molecule has 4 nitrogen and oxygen atoms in total. The lowest BCUT2D eigenvalue weighted by Gasteiger charge is -2.14. The topological polar surface area (TPSA) is 59.6 Å². The highest BCUT2D eigenvalue weighted by Gasteiger charge is 2.07. The number of aryl methyl sites for hydroxylation is 1. The van der Waals surface area contributed by atoms with Crippen LogP contribution < -0.4 is 15.8 Å². The van der Waals surface area contributed by atoms with Crippen LogP contribution in [0.4, 0.5) is 10.1 Å². The van der Waals surface area contributed by atoms with Crippen molar-refractivity contribution in [2.24, 2.45) is 10.7 Å². The zero-order chi connectivity index (χ0) is 16.7. The van der Waals surface area contributed by atoms with Gasteiger partial charge >= 0.3 is 0 Å². The van der Waals surface area contributed by atoms with Crippen LogP contribution in [0, 0.1) is 5.82 Å². The van der Waals surface area contributed by atoms with Crippen molar-refractivity contribution in [1.82, 2.24) is 0 Å². The number of para-hydroxylation sites is 1. The highest BCUT2D eigenvalue weighted by molar-refractivity contribution is 14.0. The molecule has 1 unspecified atom stereocenters. The fourth-order valence-electron chi connectivity index (χ4n) is 2.08. The third kappa shape index (κ3) is 6.35. The summed E-state index contributed by atoms with van der Waals surface area (Å²) in [4.78, 5) is 4.24. The van der Waals surface area contributed by atoms with Crippen molar-refractivity contribution in [3.05, 3.63) is 59.9 Å². The van der Waals surface area contributed by atoms with E-state index < -0.39 is 0 Å². The van der Waals surface area contributed by atoms with Gasteiger partial charge in [-0.3, -0.25) is 0 Å². The Labute approximate surface area is 159 Å². The third-order valence-electron chi connectivity index (χ3n) is 3.29. The lowest BCUT2D eigenvalue weighted by Crippen LogP contribution is -2.25. The van der Waals surface area contributed by atoms with E-state index >= 15 is 0 Å². The van der Waals surface area contributed by atoms with Gasteiger partial charge in [-0.05, 0) is 43.2 Å². The van der Waals surface area contributed by atoms with Gasteiger partial charge in [0.1, 0.15) is 6.10 Å². The third-order valence-corrected chi connectivity index (χ3v) is 3.29. The summed E-state index contributed by atoms with van der Waals surface area (Å²) in [7, 11) is 0. The van der Waals surface area contributed by atoms with Gasteiger partial charge in [0, 0.05) is 5.69 Å². The number of ether oxygens (including phenoxy) is 1. The van der Waals surface area contributed by atoms with Gasteiger partial charge in [0.2, 0.25) is 0 Å². The van der Waals surface area contributed by atoms with Crippen LogP contribution in [0.3, 0.4) is 0 Å². The second-order valence-corrected chi connectivity index (χ2v) is 5.26. The number of nitrogens with one attached hydrogen (secondary N) is 1. The molecule has 2 aromatic rings. The fraction of sp³-hybridized carbons (Fsp3) is 0.278. The molecule has 0 aliphatic heterocycles. The van der Waals surface area contributed by atoms with Crippen LogP contribution in [-0.2, 0) is 6.42 Å². The van der Waals surface area contributed by atoms with Crippen LogP contribution in [0.5, 0.6) is 5.75 Å². The number of nitrogens with two attached hydrogens (primary N) is 1. The molecule has 0 aliphatic carbocycles. The Kier molecular flexibility index (Phi) is 8.53. The van der Waals surface area contributed by atoms with Gasteiger partial charge in [0.15, 0.2) is 17.5 Å². The van der Waals surface area contributed by atoms with E-state index in [-0.39, 0.29) is 41.6 Å². The van der Waals surface area contributed by atoms with Crippen molar-refractivity contribution in [3.8, 4) is 5.75 Å². The monoisotopic (exact) mass is 443 g/mol. The van der Waals surface area contributed by atoms with Gasteiger partial charge in [-0.1, -0.05) is 31.2 Å². The van der Waals surface area contributed by atoms with E-state index in [4.69, 9.17) is 10.5 Å². The number of benzene rings is 2. The van der Waals surface area contributed by atoms with Crippen LogP contribution in [0.1, 0.15) is 19.4 Å². The average Bonchev–Trinajstić information content (AvgIpc) is 2.55. The molecule has 2 aromatic carbocycles. The highest BCUT2D eigenvalue weighted by Crippen LogP contribution is 2.17. The largest absolute Gasteiger partial charge is 0.486 e. The van der Waals surface area contributed by atoms with Gasteiger partial charge in [0.25, 0.3) is 0 Å². The first-order chi connectivity index (χ1) is 11.1. The maximum atomic E-state index is 13.5. The quantitative estimate of drug-likeness (QED) is 0.400. The molecule has 0 fully saturated rings. The molecule has 2 rings (SSSR count). The fourth-order valence-corrected chi connectivity index (χ4v) is 2.08. The smallest absolute Gasteiger partial charge is 0.193 e. The molecule has 0 bridgehead atoms. The van der Waals surface area contributed by atoms with Crippen molar-refractivity contribution in [1.29, 1.82) is 0 Å². The molecule has 6 heteroatoms. The molecular weight excluding hydrogens is 420 g/mol. The Balaban J connectivity index is 0.00000288. The molecule has 1 atom stereocenters. The van der Waals surface area contributed by atoms with Crippen LogP contribution >= 0.6 is 24.0 Å². The average molecular weight is 443 g/mol. The molecule has 0 aromatic heterocycles. The van der Waals surface area contributed by atoms with Gasteiger partial charge in [-0.25, -0.2) is 9.38 Å². The van der Waals surface area contributed by atoms with Crippen molar-refractivity contribution in [3.63, 3.8) is 0 Å². The molecule has 0 saturated heterocycles. The lowest BCUT2D eigenvalue weighted by molar-refractivity contribution is 0.220. The van der Waals surface area contributed by atoms with Crippen molar-refractivity contribution in [2.75, 3.05) is 11.9 Å². The van der Waals surface area contributed by atoms with Crippen LogP contribution in [-0.4, -0.2) is 18.6 Å². The number of aliphatic imine (C=N–C) groups is 1. The Morgan fingerprint density at radius 3 is 2.71 bits per heavy atom. The molecule has 24 heavy (non-hydrogen) atoms. The van der Waals surface area contributed by atoms with Crippen LogP contribution in [0.2, 0.25) is 0 Å². The summed E-state index contributed by atoms with van der Waals surface area (Å²) >= 11 is 0. The Morgan fingerprint density at radius 1 is 1.25 bits per heavy atom. The zero-order valence-corrected chi connectivity index (χ0v) is 16.2. The highest BCUT2D eigenvalue weighted by atomic mass is 127. The van der Waals surface area contributed by atoms with E-state index in [1.54, 1.807) is 18.2 Å². The van der Waals surface area contributed by atoms with E-state index in [1.807, 2.05) is 25.1 Å². The summed E-state index contributed by atoms with van der Waals surface area (Å²) in [6, 6.07) is 14.3. The summed E-state index contributed by atoms with van der Waals surface area (Å²) in [6.45, 7) is 4.25. The van der Waals surface area contributed by atoms with Gasteiger partial charge in [0.05, 0.1) is 6.54 Å². The predicted octanol–water partition coefficient (Wildman–Crippen LogP) is 4.20. The van der Waals surface area contributed by atoms with E-state index in [1.165, 1.54) is 11.6 Å². The van der Waals surface area contributed by atoms with E-state index in [0.29, 0.717) is 12.5 Å². The number of hydrogen-bond donors (Lipinski definition) is 2. The number of nitrogens with zero attached hydrogens (tertiary/aromatic N) is 1. The number of guanidine groups is 1. The minimum absolute atomic E-state index is 0. The minimum Gasteiger partial charge on any atom is -0.486 e. The summed E-state index contributed by atoms with van der Waals surface area (Å²) in [6.07, 6.45) is 0.675. The molecule has 0 heterocycles. The lowest BCUT2D eigenvalue weighted by atomic mass is 10.1. The normalized spacial score (nSPS) is 12.2. The standard InChI is InChI=1S/C18H22FN3O.HI/c1-3-14-7-6-8-15(11-14)22-18(20)21-12-13(2)23-17-10-5-4-9-16(17)19;/h4-11,13H,3,12H2,1-2H3,(H3,20,21,22);1H. The predicted molar refractivity (Wildman–Crippen MR) is 108 cm³/mol. The summed E-state index contributed by atoms with van der Waals surface area (Å²) in [5, 5.41) is 3.05. The first-order valence-corrected chi connectivity index (χ1v) is 7.65. The molecule has 0 saturated carbocycles. The zero-order valence-electron chi connectivity index (χ0n) is 13.8. The molecule has 0 amide bonds.